The molecule has 2 atom stereocenters. The summed E-state index contributed by atoms with van der Waals surface area (Å²) >= 11 is 0. The highest BCUT2D eigenvalue weighted by molar-refractivity contribution is 5.25. The monoisotopic (exact) mass is 246 g/mol. The zero-order valence-corrected chi connectivity index (χ0v) is 11.9. The molecule has 0 amide bonds. The highest BCUT2D eigenvalue weighted by Crippen LogP contribution is 2.46. The predicted molar refractivity (Wildman–Crippen MR) is 77.9 cm³/mol. The minimum absolute atomic E-state index is 0.230. The Hall–Kier alpha value is -0.860. The Morgan fingerprint density at radius 1 is 1.11 bits per heavy atom. The molecule has 2 heteroatoms. The average molecular weight is 246 g/mol. The lowest BCUT2D eigenvalue weighted by molar-refractivity contribution is 0.420. The Balaban J connectivity index is 1.58. The van der Waals surface area contributed by atoms with Gasteiger partial charge in [0.05, 0.1) is 0 Å². The van der Waals surface area contributed by atoms with Crippen LogP contribution in [0, 0.1) is 5.92 Å². The Bertz CT molecular complexity index is 353. The van der Waals surface area contributed by atoms with Crippen LogP contribution in [0.3, 0.4) is 0 Å². The van der Waals surface area contributed by atoms with Crippen molar-refractivity contribution in [3.8, 4) is 0 Å². The van der Waals surface area contributed by atoms with Crippen molar-refractivity contribution in [2.45, 2.75) is 38.6 Å². The molecule has 2 unspecified atom stereocenters. The maximum absolute atomic E-state index is 3.56. The van der Waals surface area contributed by atoms with E-state index < -0.39 is 0 Å². The first-order valence-corrected chi connectivity index (χ1v) is 7.07. The number of rotatable bonds is 6. The average Bonchev–Trinajstić information content (AvgIpc) is 3.08. The van der Waals surface area contributed by atoms with E-state index in [1.807, 2.05) is 0 Å². The first kappa shape index (κ1) is 13.6. The number of hydrogen-bond acceptors (Lipinski definition) is 2. The Morgan fingerprint density at radius 2 is 1.83 bits per heavy atom. The minimum Gasteiger partial charge on any atom is -0.315 e. The van der Waals surface area contributed by atoms with Gasteiger partial charge in [-0.1, -0.05) is 30.3 Å². The second-order valence-electron chi connectivity index (χ2n) is 6.39. The van der Waals surface area contributed by atoms with E-state index in [1.54, 1.807) is 0 Å². The molecule has 2 N–H and O–H groups in total. The van der Waals surface area contributed by atoms with E-state index in [1.165, 1.54) is 12.0 Å². The molecule has 0 aliphatic heterocycles. The molecule has 100 valence electrons. The lowest BCUT2D eigenvalue weighted by atomic mass is 10.1. The summed E-state index contributed by atoms with van der Waals surface area (Å²) in [6.07, 6.45) is 1.35. The molecular weight excluding hydrogens is 220 g/mol. The first-order valence-electron chi connectivity index (χ1n) is 7.07. The van der Waals surface area contributed by atoms with E-state index >= 15 is 0 Å². The van der Waals surface area contributed by atoms with Crippen LogP contribution >= 0.6 is 0 Å². The fraction of sp³-hybridized carbons (Fsp3) is 0.625. The molecule has 0 radical (unpaired) electrons. The van der Waals surface area contributed by atoms with E-state index in [4.69, 9.17) is 0 Å². The number of nitrogens with one attached hydrogen (secondary N) is 2. The third-order valence-corrected chi connectivity index (χ3v) is 3.51. The van der Waals surface area contributed by atoms with Gasteiger partial charge in [0.1, 0.15) is 0 Å². The van der Waals surface area contributed by atoms with Gasteiger partial charge in [-0.05, 0) is 51.1 Å². The van der Waals surface area contributed by atoms with Crippen molar-refractivity contribution in [3.63, 3.8) is 0 Å². The Kier molecular flexibility index (Phi) is 4.41. The van der Waals surface area contributed by atoms with Crippen LogP contribution in [0.15, 0.2) is 30.3 Å². The SMILES string of the molecule is CC(C)(C)NCCNCC1CC1c1ccccc1. The van der Waals surface area contributed by atoms with E-state index in [-0.39, 0.29) is 5.54 Å². The van der Waals surface area contributed by atoms with Crippen LogP contribution < -0.4 is 10.6 Å². The van der Waals surface area contributed by atoms with Gasteiger partial charge in [0, 0.05) is 18.6 Å². The molecule has 1 fully saturated rings. The quantitative estimate of drug-likeness (QED) is 0.754. The van der Waals surface area contributed by atoms with Crippen LogP contribution in [0.4, 0.5) is 0 Å². The normalized spacial score (nSPS) is 23.1. The molecule has 0 spiro atoms. The maximum Gasteiger partial charge on any atom is 0.00970 e. The summed E-state index contributed by atoms with van der Waals surface area (Å²) in [4.78, 5) is 0. The summed E-state index contributed by atoms with van der Waals surface area (Å²) in [5.41, 5.74) is 1.74. The molecule has 0 aromatic heterocycles. The molecular formula is C16H26N2. The van der Waals surface area contributed by atoms with Crippen molar-refractivity contribution in [1.29, 1.82) is 0 Å². The second-order valence-corrected chi connectivity index (χ2v) is 6.39. The van der Waals surface area contributed by atoms with Crippen molar-refractivity contribution in [3.05, 3.63) is 35.9 Å². The van der Waals surface area contributed by atoms with Crippen LogP contribution in [0.1, 0.15) is 38.7 Å². The van der Waals surface area contributed by atoms with E-state index in [0.717, 1.165) is 31.5 Å². The van der Waals surface area contributed by atoms with Crippen molar-refractivity contribution in [1.82, 2.24) is 10.6 Å². The Morgan fingerprint density at radius 3 is 2.50 bits per heavy atom. The topological polar surface area (TPSA) is 24.1 Å². The largest absolute Gasteiger partial charge is 0.315 e. The molecule has 1 aliphatic rings. The van der Waals surface area contributed by atoms with Gasteiger partial charge in [0.25, 0.3) is 0 Å². The molecule has 2 nitrogen and oxygen atoms in total. The van der Waals surface area contributed by atoms with Gasteiger partial charge in [-0.3, -0.25) is 0 Å². The first-order chi connectivity index (χ1) is 8.56. The summed E-state index contributed by atoms with van der Waals surface area (Å²) in [6, 6.07) is 10.9. The lowest BCUT2D eigenvalue weighted by Crippen LogP contribution is -2.40. The van der Waals surface area contributed by atoms with Crippen LogP contribution in [-0.4, -0.2) is 25.2 Å². The predicted octanol–water partition coefficient (Wildman–Crippen LogP) is 2.77. The summed E-state index contributed by atoms with van der Waals surface area (Å²) in [7, 11) is 0. The van der Waals surface area contributed by atoms with Gasteiger partial charge >= 0.3 is 0 Å². The fourth-order valence-corrected chi connectivity index (χ4v) is 2.40. The summed E-state index contributed by atoms with van der Waals surface area (Å²) in [6.45, 7) is 9.89. The molecule has 18 heavy (non-hydrogen) atoms. The van der Waals surface area contributed by atoms with Gasteiger partial charge in [-0.2, -0.15) is 0 Å². The lowest BCUT2D eigenvalue weighted by Gasteiger charge is -2.20. The second kappa shape index (κ2) is 5.85. The third kappa shape index (κ3) is 4.43. The summed E-state index contributed by atoms with van der Waals surface area (Å²) < 4.78 is 0. The summed E-state index contributed by atoms with van der Waals surface area (Å²) in [5.74, 6) is 1.65. The van der Waals surface area contributed by atoms with Gasteiger partial charge < -0.3 is 10.6 Å². The standard InChI is InChI=1S/C16H26N2/c1-16(2,3)18-10-9-17-12-14-11-15(14)13-7-5-4-6-8-13/h4-8,14-15,17-18H,9-12H2,1-3H3. The molecule has 0 heterocycles. The van der Waals surface area contributed by atoms with Crippen LogP contribution in [0.2, 0.25) is 0 Å². The van der Waals surface area contributed by atoms with E-state index in [9.17, 15) is 0 Å². The smallest absolute Gasteiger partial charge is 0.00970 e. The molecule has 1 saturated carbocycles. The molecule has 1 aromatic carbocycles. The van der Waals surface area contributed by atoms with Gasteiger partial charge in [0.2, 0.25) is 0 Å². The molecule has 1 aliphatic carbocycles. The van der Waals surface area contributed by atoms with E-state index in [2.05, 4.69) is 61.7 Å². The zero-order valence-electron chi connectivity index (χ0n) is 11.9. The third-order valence-electron chi connectivity index (χ3n) is 3.51. The highest BCUT2D eigenvalue weighted by atomic mass is 15.0. The number of hydrogen-bond donors (Lipinski definition) is 2. The van der Waals surface area contributed by atoms with Gasteiger partial charge in [-0.25, -0.2) is 0 Å². The molecule has 1 aromatic rings. The zero-order chi connectivity index (χ0) is 13.0. The highest BCUT2D eigenvalue weighted by Gasteiger charge is 2.37. The van der Waals surface area contributed by atoms with E-state index in [0.29, 0.717) is 0 Å². The summed E-state index contributed by atoms with van der Waals surface area (Å²) in [5, 5.41) is 7.05. The number of benzene rings is 1. The molecule has 2 rings (SSSR count). The maximum atomic E-state index is 3.56. The minimum atomic E-state index is 0.230. The van der Waals surface area contributed by atoms with Crippen molar-refractivity contribution < 1.29 is 0 Å². The van der Waals surface area contributed by atoms with Crippen molar-refractivity contribution in [2.24, 2.45) is 5.92 Å². The van der Waals surface area contributed by atoms with Crippen molar-refractivity contribution in [2.75, 3.05) is 19.6 Å². The van der Waals surface area contributed by atoms with Crippen LogP contribution in [0.5, 0.6) is 0 Å². The van der Waals surface area contributed by atoms with Gasteiger partial charge in [-0.15, -0.1) is 0 Å². The Labute approximate surface area is 111 Å². The molecule has 0 saturated heterocycles. The fourth-order valence-electron chi connectivity index (χ4n) is 2.40. The van der Waals surface area contributed by atoms with Crippen LogP contribution in [0.25, 0.3) is 0 Å². The molecule has 0 bridgehead atoms. The van der Waals surface area contributed by atoms with Crippen molar-refractivity contribution >= 4 is 0 Å². The van der Waals surface area contributed by atoms with Crippen LogP contribution in [-0.2, 0) is 0 Å². The van der Waals surface area contributed by atoms with Gasteiger partial charge in [0.15, 0.2) is 0 Å².